The molecule has 2 nitrogen and oxygen atoms in total. The molecule has 3 rings (SSSR count). The smallest absolute Gasteiger partial charge is 0.193 e. The van der Waals surface area contributed by atoms with Crippen molar-refractivity contribution in [3.8, 4) is 0 Å². The molecule has 0 bridgehead atoms. The van der Waals surface area contributed by atoms with Crippen LogP contribution in [-0.2, 0) is 12.8 Å². The quantitative estimate of drug-likeness (QED) is 0.790. The Labute approximate surface area is 131 Å². The van der Waals surface area contributed by atoms with Crippen molar-refractivity contribution in [1.82, 2.24) is 0 Å². The number of hydrogen-bond donors (Lipinski definition) is 0. The van der Waals surface area contributed by atoms with Gasteiger partial charge in [0.2, 0.25) is 0 Å². The van der Waals surface area contributed by atoms with Gasteiger partial charge in [0.05, 0.1) is 0 Å². The van der Waals surface area contributed by atoms with Crippen LogP contribution in [0.3, 0.4) is 0 Å². The summed E-state index contributed by atoms with van der Waals surface area (Å²) in [6.07, 6.45) is 4.14. The van der Waals surface area contributed by atoms with E-state index in [0.717, 1.165) is 42.4 Å². The third kappa shape index (κ3) is 2.50. The second kappa shape index (κ2) is 5.88. The predicted molar refractivity (Wildman–Crippen MR) is 87.7 cm³/mol. The molecule has 2 heteroatoms. The van der Waals surface area contributed by atoms with Gasteiger partial charge in [0.1, 0.15) is 0 Å². The van der Waals surface area contributed by atoms with Crippen LogP contribution in [-0.4, -0.2) is 11.6 Å². The summed E-state index contributed by atoms with van der Waals surface area (Å²) in [7, 11) is 0. The molecule has 0 amide bonds. The highest BCUT2D eigenvalue weighted by molar-refractivity contribution is 6.12. The van der Waals surface area contributed by atoms with E-state index < -0.39 is 0 Å². The van der Waals surface area contributed by atoms with Crippen LogP contribution < -0.4 is 0 Å². The van der Waals surface area contributed by atoms with Crippen LogP contribution in [0.25, 0.3) is 0 Å². The monoisotopic (exact) mass is 292 g/mol. The summed E-state index contributed by atoms with van der Waals surface area (Å²) < 4.78 is 0. The first kappa shape index (κ1) is 14.7. The summed E-state index contributed by atoms with van der Waals surface area (Å²) in [5.74, 6) is 0.0762. The molecule has 1 aliphatic rings. The van der Waals surface area contributed by atoms with Gasteiger partial charge in [0, 0.05) is 16.7 Å². The third-order valence-electron chi connectivity index (χ3n) is 4.55. The number of aryl methyl sites for hydroxylation is 1. The van der Waals surface area contributed by atoms with E-state index in [2.05, 4.69) is 0 Å². The lowest BCUT2D eigenvalue weighted by atomic mass is 9.81. The Kier molecular flexibility index (Phi) is 3.93. The molecule has 22 heavy (non-hydrogen) atoms. The largest absolute Gasteiger partial charge is 0.295 e. The Hall–Kier alpha value is -2.22. The zero-order valence-corrected chi connectivity index (χ0v) is 13.1. The van der Waals surface area contributed by atoms with E-state index in [1.807, 2.05) is 43.3 Å². The fourth-order valence-corrected chi connectivity index (χ4v) is 3.42. The molecule has 0 N–H and O–H groups in total. The van der Waals surface area contributed by atoms with Gasteiger partial charge in [-0.25, -0.2) is 0 Å². The van der Waals surface area contributed by atoms with E-state index in [1.165, 1.54) is 5.56 Å². The molecular formula is C20H20O2. The molecular weight excluding hydrogens is 272 g/mol. The highest BCUT2D eigenvalue weighted by atomic mass is 16.1. The zero-order valence-electron chi connectivity index (χ0n) is 13.1. The maximum absolute atomic E-state index is 13.0. The van der Waals surface area contributed by atoms with E-state index in [-0.39, 0.29) is 11.6 Å². The number of carbonyl (C=O) groups excluding carboxylic acids is 2. The Morgan fingerprint density at radius 3 is 2.36 bits per heavy atom. The van der Waals surface area contributed by atoms with Crippen LogP contribution in [0.4, 0.5) is 0 Å². The van der Waals surface area contributed by atoms with Crippen molar-refractivity contribution in [1.29, 1.82) is 0 Å². The number of benzene rings is 2. The summed E-state index contributed by atoms with van der Waals surface area (Å²) in [6.45, 7) is 3.48. The minimum atomic E-state index is 0.0352. The Morgan fingerprint density at radius 2 is 1.68 bits per heavy atom. The second-order valence-corrected chi connectivity index (χ2v) is 6.02. The number of Topliss-reactive ketones (excluding diaryl/α,β-unsaturated/α-hetero) is 1. The molecule has 1 aliphatic carbocycles. The van der Waals surface area contributed by atoms with Gasteiger partial charge in [-0.3, -0.25) is 9.59 Å². The van der Waals surface area contributed by atoms with Crippen molar-refractivity contribution in [3.63, 3.8) is 0 Å². The highest BCUT2D eigenvalue weighted by Gasteiger charge is 2.24. The van der Waals surface area contributed by atoms with Gasteiger partial charge >= 0.3 is 0 Å². The molecule has 0 radical (unpaired) electrons. The van der Waals surface area contributed by atoms with Crippen LogP contribution in [0.5, 0.6) is 0 Å². The molecule has 0 heterocycles. The predicted octanol–water partition coefficient (Wildman–Crippen LogP) is 4.31. The van der Waals surface area contributed by atoms with Gasteiger partial charge in [-0.15, -0.1) is 0 Å². The van der Waals surface area contributed by atoms with Crippen molar-refractivity contribution in [2.45, 2.75) is 39.5 Å². The summed E-state index contributed by atoms with van der Waals surface area (Å²) in [6, 6.07) is 11.4. The maximum atomic E-state index is 13.0. The molecule has 0 aliphatic heterocycles. The second-order valence-electron chi connectivity index (χ2n) is 6.02. The maximum Gasteiger partial charge on any atom is 0.193 e. The van der Waals surface area contributed by atoms with Gasteiger partial charge < -0.3 is 0 Å². The van der Waals surface area contributed by atoms with Crippen LogP contribution in [0.2, 0.25) is 0 Å². The molecule has 0 saturated carbocycles. The molecule has 0 unspecified atom stereocenters. The van der Waals surface area contributed by atoms with E-state index >= 15 is 0 Å². The van der Waals surface area contributed by atoms with Crippen LogP contribution in [0.1, 0.15) is 62.7 Å². The molecule has 0 saturated heterocycles. The molecule has 112 valence electrons. The highest BCUT2D eigenvalue weighted by Crippen LogP contribution is 2.31. The summed E-state index contributed by atoms with van der Waals surface area (Å²) in [5, 5.41) is 0. The number of fused-ring (bicyclic) bond motifs is 1. The normalized spacial score (nSPS) is 13.5. The number of hydrogen-bond acceptors (Lipinski definition) is 2. The molecule has 0 atom stereocenters. The van der Waals surface area contributed by atoms with Crippen LogP contribution in [0, 0.1) is 6.92 Å². The topological polar surface area (TPSA) is 34.1 Å². The van der Waals surface area contributed by atoms with Crippen molar-refractivity contribution >= 4 is 11.6 Å². The lowest BCUT2D eigenvalue weighted by Gasteiger charge is -2.22. The lowest BCUT2D eigenvalue weighted by Crippen LogP contribution is -2.16. The molecule has 0 spiro atoms. The Bertz CT molecular complexity index is 742. The Balaban J connectivity index is 2.23. The lowest BCUT2D eigenvalue weighted by molar-refractivity contribution is 0.101. The summed E-state index contributed by atoms with van der Waals surface area (Å²) >= 11 is 0. The van der Waals surface area contributed by atoms with Crippen LogP contribution in [0.15, 0.2) is 36.4 Å². The fraction of sp³-hybridized carbons (Fsp3) is 0.300. The van der Waals surface area contributed by atoms with Gasteiger partial charge in [-0.2, -0.15) is 0 Å². The van der Waals surface area contributed by atoms with E-state index in [1.54, 1.807) is 6.92 Å². The van der Waals surface area contributed by atoms with Crippen molar-refractivity contribution in [2.75, 3.05) is 0 Å². The average Bonchev–Trinajstić information content (AvgIpc) is 2.54. The van der Waals surface area contributed by atoms with Gasteiger partial charge in [-0.05, 0) is 62.3 Å². The zero-order chi connectivity index (χ0) is 15.7. The average molecular weight is 292 g/mol. The van der Waals surface area contributed by atoms with E-state index in [4.69, 9.17) is 0 Å². The van der Waals surface area contributed by atoms with Gasteiger partial charge in [0.15, 0.2) is 11.6 Å². The standard InChI is InChI=1S/C20H20O2/c1-13-18(14(2)21)12-16-10-6-7-11-17(16)19(13)20(22)15-8-4-3-5-9-15/h3-5,8-9,12H,6-7,10-11H2,1-2H3. The van der Waals surface area contributed by atoms with Gasteiger partial charge in [0.25, 0.3) is 0 Å². The van der Waals surface area contributed by atoms with Crippen molar-refractivity contribution in [2.24, 2.45) is 0 Å². The first-order valence-corrected chi connectivity index (χ1v) is 7.85. The SMILES string of the molecule is CC(=O)c1cc2c(c(C(=O)c3ccccc3)c1C)CCCC2. The molecule has 2 aromatic carbocycles. The molecule has 0 aromatic heterocycles. The molecule has 2 aromatic rings. The minimum Gasteiger partial charge on any atom is -0.295 e. The van der Waals surface area contributed by atoms with Crippen LogP contribution >= 0.6 is 0 Å². The summed E-state index contributed by atoms with van der Waals surface area (Å²) in [5.41, 5.74) is 5.32. The fourth-order valence-electron chi connectivity index (χ4n) is 3.42. The number of carbonyl (C=O) groups is 2. The minimum absolute atomic E-state index is 0.0352. The van der Waals surface area contributed by atoms with Crippen molar-refractivity contribution < 1.29 is 9.59 Å². The van der Waals surface area contributed by atoms with Crippen molar-refractivity contribution in [3.05, 3.63) is 69.8 Å². The third-order valence-corrected chi connectivity index (χ3v) is 4.55. The number of rotatable bonds is 3. The first-order chi connectivity index (χ1) is 10.6. The summed E-state index contributed by atoms with van der Waals surface area (Å²) in [4.78, 5) is 25.0. The number of ketones is 2. The van der Waals surface area contributed by atoms with E-state index in [0.29, 0.717) is 11.1 Å². The first-order valence-electron chi connectivity index (χ1n) is 7.85. The van der Waals surface area contributed by atoms with E-state index in [9.17, 15) is 9.59 Å². The Morgan fingerprint density at radius 1 is 1.00 bits per heavy atom. The molecule has 0 fully saturated rings. The van der Waals surface area contributed by atoms with Gasteiger partial charge in [-0.1, -0.05) is 30.3 Å².